The summed E-state index contributed by atoms with van der Waals surface area (Å²) < 4.78 is 0. The highest BCUT2D eigenvalue weighted by Crippen LogP contribution is 2.25. The Morgan fingerprint density at radius 3 is 2.33 bits per heavy atom. The molecule has 1 nitrogen and oxygen atoms in total. The van der Waals surface area contributed by atoms with E-state index in [2.05, 4.69) is 45.9 Å². The molecule has 2 heteroatoms. The molecule has 0 bridgehead atoms. The zero-order valence-electron chi connectivity index (χ0n) is 10.1. The van der Waals surface area contributed by atoms with Crippen LogP contribution in [-0.4, -0.2) is 11.3 Å². The van der Waals surface area contributed by atoms with Gasteiger partial charge in [0.25, 0.3) is 0 Å². The average Bonchev–Trinajstić information content (AvgIpc) is 2.15. The van der Waals surface area contributed by atoms with Crippen LogP contribution in [0.3, 0.4) is 0 Å². The normalized spacial score (nSPS) is 11.5. The van der Waals surface area contributed by atoms with Gasteiger partial charge in [-0.25, -0.2) is 0 Å². The van der Waals surface area contributed by atoms with Crippen LogP contribution in [0.1, 0.15) is 37.5 Å². The van der Waals surface area contributed by atoms with E-state index >= 15 is 0 Å². The molecular formula is C13H19NS. The third-order valence-corrected chi connectivity index (χ3v) is 3.18. The Balaban J connectivity index is 3.23. The molecule has 0 atom stereocenters. The van der Waals surface area contributed by atoms with Gasteiger partial charge in [-0.1, -0.05) is 32.9 Å². The minimum absolute atomic E-state index is 0.154. The number of nitrogens with one attached hydrogen (secondary N) is 1. The van der Waals surface area contributed by atoms with Gasteiger partial charge in [-0.15, -0.1) is 11.8 Å². The van der Waals surface area contributed by atoms with Crippen molar-refractivity contribution >= 4 is 16.8 Å². The lowest BCUT2D eigenvalue weighted by atomic mass is 9.85. The molecule has 0 aliphatic rings. The van der Waals surface area contributed by atoms with Crippen molar-refractivity contribution in [1.82, 2.24) is 0 Å². The van der Waals surface area contributed by atoms with Crippen molar-refractivity contribution in [2.45, 2.75) is 33.1 Å². The molecule has 1 aromatic carbocycles. The van der Waals surface area contributed by atoms with E-state index in [1.54, 1.807) is 0 Å². The Labute approximate surface area is 96.8 Å². The summed E-state index contributed by atoms with van der Waals surface area (Å²) in [5.41, 5.74) is 3.69. The van der Waals surface area contributed by atoms with Crippen molar-refractivity contribution in [2.75, 3.05) is 6.26 Å². The fourth-order valence-electron chi connectivity index (χ4n) is 1.44. The molecule has 0 radical (unpaired) electrons. The standard InChI is InChI=1S/C13H19NS/c1-9-6-7-10(13(2,3)4)8-11(9)12(14)15-5/h6-8,14H,1-5H3. The molecule has 0 unspecified atom stereocenters. The predicted molar refractivity (Wildman–Crippen MR) is 70.2 cm³/mol. The zero-order valence-corrected chi connectivity index (χ0v) is 11.0. The number of thioether (sulfide) groups is 1. The van der Waals surface area contributed by atoms with Crippen LogP contribution in [0.4, 0.5) is 0 Å². The van der Waals surface area contributed by atoms with Gasteiger partial charge >= 0.3 is 0 Å². The van der Waals surface area contributed by atoms with Crippen molar-refractivity contribution in [3.63, 3.8) is 0 Å². The first kappa shape index (κ1) is 12.3. The van der Waals surface area contributed by atoms with Gasteiger partial charge in [0.15, 0.2) is 0 Å². The molecule has 0 heterocycles. The van der Waals surface area contributed by atoms with Crippen molar-refractivity contribution in [2.24, 2.45) is 0 Å². The smallest absolute Gasteiger partial charge is 0.0942 e. The first-order valence-corrected chi connectivity index (χ1v) is 6.33. The number of hydrogen-bond acceptors (Lipinski definition) is 2. The average molecular weight is 221 g/mol. The second-order valence-corrected chi connectivity index (χ2v) is 5.63. The van der Waals surface area contributed by atoms with Crippen LogP contribution in [0, 0.1) is 12.3 Å². The number of rotatable bonds is 1. The summed E-state index contributed by atoms with van der Waals surface area (Å²) in [5.74, 6) is 0. The second kappa shape index (κ2) is 4.40. The van der Waals surface area contributed by atoms with Gasteiger partial charge in [0.2, 0.25) is 0 Å². The van der Waals surface area contributed by atoms with Crippen LogP contribution >= 0.6 is 11.8 Å². The summed E-state index contributed by atoms with van der Waals surface area (Å²) in [6, 6.07) is 6.42. The highest BCUT2D eigenvalue weighted by molar-refractivity contribution is 8.13. The van der Waals surface area contributed by atoms with E-state index in [4.69, 9.17) is 5.41 Å². The fraction of sp³-hybridized carbons (Fsp3) is 0.462. The molecule has 0 fully saturated rings. The van der Waals surface area contributed by atoms with E-state index in [9.17, 15) is 0 Å². The lowest BCUT2D eigenvalue weighted by molar-refractivity contribution is 0.590. The molecule has 15 heavy (non-hydrogen) atoms. The van der Waals surface area contributed by atoms with Crippen LogP contribution < -0.4 is 0 Å². The first-order valence-electron chi connectivity index (χ1n) is 5.10. The van der Waals surface area contributed by atoms with Crippen LogP contribution in [-0.2, 0) is 5.41 Å². The SMILES string of the molecule is CSC(=N)c1cc(C(C)(C)C)ccc1C. The molecule has 0 aromatic heterocycles. The summed E-state index contributed by atoms with van der Waals surface area (Å²) in [4.78, 5) is 0. The monoisotopic (exact) mass is 221 g/mol. The molecule has 0 spiro atoms. The van der Waals surface area contributed by atoms with E-state index in [0.717, 1.165) is 5.56 Å². The van der Waals surface area contributed by atoms with Crippen molar-refractivity contribution in [1.29, 1.82) is 5.41 Å². The maximum atomic E-state index is 7.88. The van der Waals surface area contributed by atoms with Crippen LogP contribution in [0.2, 0.25) is 0 Å². The molecule has 1 rings (SSSR count). The van der Waals surface area contributed by atoms with Crippen molar-refractivity contribution in [3.8, 4) is 0 Å². The number of benzene rings is 1. The minimum atomic E-state index is 0.154. The summed E-state index contributed by atoms with van der Waals surface area (Å²) in [7, 11) is 0. The van der Waals surface area contributed by atoms with Crippen LogP contribution in [0.15, 0.2) is 18.2 Å². The molecule has 0 amide bonds. The summed E-state index contributed by atoms with van der Waals surface area (Å²) in [5, 5.41) is 8.53. The molecular weight excluding hydrogens is 202 g/mol. The van der Waals surface area contributed by atoms with Gasteiger partial charge in [-0.05, 0) is 35.8 Å². The lowest BCUT2D eigenvalue weighted by Crippen LogP contribution is -2.12. The van der Waals surface area contributed by atoms with E-state index < -0.39 is 0 Å². The Morgan fingerprint density at radius 2 is 1.87 bits per heavy atom. The second-order valence-electron chi connectivity index (χ2n) is 4.81. The predicted octanol–water partition coefficient (Wildman–Crippen LogP) is 3.98. The Bertz CT molecular complexity index is 375. The largest absolute Gasteiger partial charge is 0.293 e. The highest BCUT2D eigenvalue weighted by Gasteiger charge is 2.15. The minimum Gasteiger partial charge on any atom is -0.293 e. The van der Waals surface area contributed by atoms with Gasteiger partial charge in [0, 0.05) is 5.56 Å². The first-order chi connectivity index (χ1) is 6.86. The summed E-state index contributed by atoms with van der Waals surface area (Å²) >= 11 is 1.49. The third kappa shape index (κ3) is 2.85. The molecule has 0 saturated heterocycles. The van der Waals surface area contributed by atoms with E-state index in [1.165, 1.54) is 22.9 Å². The molecule has 0 aliphatic carbocycles. The van der Waals surface area contributed by atoms with Gasteiger partial charge in [0.1, 0.15) is 0 Å². The van der Waals surface area contributed by atoms with E-state index in [-0.39, 0.29) is 5.41 Å². The Kier molecular flexibility index (Phi) is 3.61. The quantitative estimate of drug-likeness (QED) is 0.563. The number of hydrogen-bond donors (Lipinski definition) is 1. The van der Waals surface area contributed by atoms with Crippen LogP contribution in [0.5, 0.6) is 0 Å². The molecule has 1 aromatic rings. The van der Waals surface area contributed by atoms with Crippen LogP contribution in [0.25, 0.3) is 0 Å². The molecule has 0 aliphatic heterocycles. The van der Waals surface area contributed by atoms with E-state index in [0.29, 0.717) is 5.04 Å². The van der Waals surface area contributed by atoms with Gasteiger partial charge in [-0.2, -0.15) is 0 Å². The van der Waals surface area contributed by atoms with Gasteiger partial charge in [-0.3, -0.25) is 5.41 Å². The maximum absolute atomic E-state index is 7.88. The zero-order chi connectivity index (χ0) is 11.6. The van der Waals surface area contributed by atoms with Crippen molar-refractivity contribution in [3.05, 3.63) is 34.9 Å². The molecule has 1 N–H and O–H groups in total. The molecule has 0 saturated carbocycles. The molecule has 82 valence electrons. The van der Waals surface area contributed by atoms with Gasteiger partial charge in [0.05, 0.1) is 5.04 Å². The topological polar surface area (TPSA) is 23.9 Å². The summed E-state index contributed by atoms with van der Waals surface area (Å²) in [6.07, 6.45) is 1.95. The third-order valence-electron chi connectivity index (χ3n) is 2.55. The Hall–Kier alpha value is -0.760. The number of aryl methyl sites for hydroxylation is 1. The summed E-state index contributed by atoms with van der Waals surface area (Å²) in [6.45, 7) is 8.66. The van der Waals surface area contributed by atoms with E-state index in [1.807, 2.05) is 6.26 Å². The van der Waals surface area contributed by atoms with Crippen molar-refractivity contribution < 1.29 is 0 Å². The van der Waals surface area contributed by atoms with Gasteiger partial charge < -0.3 is 0 Å². The Morgan fingerprint density at radius 1 is 1.27 bits per heavy atom. The lowest BCUT2D eigenvalue weighted by Gasteiger charge is -2.20. The fourth-order valence-corrected chi connectivity index (χ4v) is 1.88. The highest BCUT2D eigenvalue weighted by atomic mass is 32.2. The maximum Gasteiger partial charge on any atom is 0.0942 e.